The number of H-pyrrole nitrogens is 1. The van der Waals surface area contributed by atoms with Crippen LogP contribution in [0.1, 0.15) is 39.3 Å². The predicted molar refractivity (Wildman–Crippen MR) is 105 cm³/mol. The van der Waals surface area contributed by atoms with Gasteiger partial charge in [0, 0.05) is 24.3 Å². The number of ether oxygens (including phenoxy) is 1. The first-order valence-electron chi connectivity index (χ1n) is 9.47. The van der Waals surface area contributed by atoms with E-state index in [9.17, 15) is 14.9 Å². The van der Waals surface area contributed by atoms with Crippen molar-refractivity contribution in [2.75, 3.05) is 13.1 Å². The molecule has 1 aromatic carbocycles. The standard InChI is InChI=1S/C21H26N4O3/c1-20(2,3)28-19(27)25-10-8-21(14-22,9-11-25)18(26)23-13-16-12-15-6-4-5-7-17(15)24-16/h4-7,12,24H,8-11,13H2,1-3H3,(H,23,26). The van der Waals surface area contributed by atoms with Crippen LogP contribution in [0.15, 0.2) is 30.3 Å². The maximum atomic E-state index is 12.8. The fourth-order valence-electron chi connectivity index (χ4n) is 3.36. The van der Waals surface area contributed by atoms with Crippen molar-refractivity contribution in [1.29, 1.82) is 5.26 Å². The Bertz CT molecular complexity index is 879. The first-order valence-corrected chi connectivity index (χ1v) is 9.47. The van der Waals surface area contributed by atoms with Crippen molar-refractivity contribution in [3.05, 3.63) is 36.0 Å². The highest BCUT2D eigenvalue weighted by atomic mass is 16.6. The van der Waals surface area contributed by atoms with E-state index in [4.69, 9.17) is 4.74 Å². The van der Waals surface area contributed by atoms with Gasteiger partial charge in [-0.05, 0) is 51.1 Å². The van der Waals surface area contributed by atoms with E-state index >= 15 is 0 Å². The van der Waals surface area contributed by atoms with Gasteiger partial charge >= 0.3 is 6.09 Å². The van der Waals surface area contributed by atoms with Crippen LogP contribution in [0.2, 0.25) is 0 Å². The Balaban J connectivity index is 1.59. The van der Waals surface area contributed by atoms with Crippen molar-refractivity contribution in [2.24, 2.45) is 5.41 Å². The number of rotatable bonds is 3. The number of benzene rings is 1. The molecule has 0 radical (unpaired) electrons. The van der Waals surface area contributed by atoms with Gasteiger partial charge in [0.25, 0.3) is 0 Å². The Morgan fingerprint density at radius 3 is 2.57 bits per heavy atom. The molecule has 7 nitrogen and oxygen atoms in total. The number of hydrogen-bond donors (Lipinski definition) is 2. The summed E-state index contributed by atoms with van der Waals surface area (Å²) in [5, 5.41) is 13.6. The number of para-hydroxylation sites is 1. The van der Waals surface area contributed by atoms with E-state index in [1.165, 1.54) is 0 Å². The zero-order chi connectivity index (χ0) is 20.4. The van der Waals surface area contributed by atoms with Gasteiger partial charge in [-0.2, -0.15) is 5.26 Å². The third kappa shape index (κ3) is 4.28. The van der Waals surface area contributed by atoms with E-state index in [0.717, 1.165) is 16.6 Å². The van der Waals surface area contributed by atoms with Crippen molar-refractivity contribution in [1.82, 2.24) is 15.2 Å². The highest BCUT2D eigenvalue weighted by Crippen LogP contribution is 2.32. The smallest absolute Gasteiger partial charge is 0.410 e. The largest absolute Gasteiger partial charge is 0.444 e. The van der Waals surface area contributed by atoms with Gasteiger partial charge in [-0.3, -0.25) is 4.79 Å². The zero-order valence-electron chi connectivity index (χ0n) is 16.5. The normalized spacial score (nSPS) is 16.4. The number of carbonyl (C=O) groups is 2. The molecule has 1 aliphatic heterocycles. The molecule has 0 bridgehead atoms. The summed E-state index contributed by atoms with van der Waals surface area (Å²) in [6, 6.07) is 12.1. The molecular weight excluding hydrogens is 356 g/mol. The van der Waals surface area contributed by atoms with Crippen LogP contribution in [0.3, 0.4) is 0 Å². The van der Waals surface area contributed by atoms with Crippen molar-refractivity contribution < 1.29 is 14.3 Å². The summed E-state index contributed by atoms with van der Waals surface area (Å²) < 4.78 is 5.37. The highest BCUT2D eigenvalue weighted by Gasteiger charge is 2.43. The van der Waals surface area contributed by atoms with Crippen LogP contribution in [0.25, 0.3) is 10.9 Å². The van der Waals surface area contributed by atoms with Gasteiger partial charge in [-0.25, -0.2) is 4.79 Å². The van der Waals surface area contributed by atoms with Crippen LogP contribution in [-0.4, -0.2) is 40.6 Å². The molecule has 2 amide bonds. The first-order chi connectivity index (χ1) is 13.2. The molecule has 2 N–H and O–H groups in total. The van der Waals surface area contributed by atoms with E-state index in [-0.39, 0.29) is 5.91 Å². The Kier molecular flexibility index (Phi) is 5.32. The second-order valence-corrected chi connectivity index (χ2v) is 8.23. The van der Waals surface area contributed by atoms with Gasteiger partial charge in [0.1, 0.15) is 11.0 Å². The number of nitriles is 1. The summed E-state index contributed by atoms with van der Waals surface area (Å²) >= 11 is 0. The second kappa shape index (κ2) is 7.55. The Hall–Kier alpha value is -3.01. The number of hydrogen-bond acceptors (Lipinski definition) is 4. The number of aromatic amines is 1. The maximum absolute atomic E-state index is 12.8. The molecule has 148 valence electrons. The molecule has 0 aliphatic carbocycles. The molecule has 0 spiro atoms. The minimum absolute atomic E-state index is 0.293. The maximum Gasteiger partial charge on any atom is 0.410 e. The van der Waals surface area contributed by atoms with Crippen LogP contribution < -0.4 is 5.32 Å². The molecule has 0 atom stereocenters. The molecule has 7 heteroatoms. The minimum atomic E-state index is -1.12. The quantitative estimate of drug-likeness (QED) is 0.851. The van der Waals surface area contributed by atoms with Gasteiger partial charge < -0.3 is 19.9 Å². The number of nitrogens with one attached hydrogen (secondary N) is 2. The number of carbonyl (C=O) groups excluding carboxylic acids is 2. The average Bonchev–Trinajstić information content (AvgIpc) is 3.07. The van der Waals surface area contributed by atoms with E-state index in [1.54, 1.807) is 4.90 Å². The van der Waals surface area contributed by atoms with Crippen LogP contribution >= 0.6 is 0 Å². The zero-order valence-corrected chi connectivity index (χ0v) is 16.5. The predicted octanol–water partition coefficient (Wildman–Crippen LogP) is 3.32. The van der Waals surface area contributed by atoms with E-state index in [0.29, 0.717) is 32.5 Å². The fourth-order valence-corrected chi connectivity index (χ4v) is 3.36. The van der Waals surface area contributed by atoms with E-state index < -0.39 is 17.1 Å². The third-order valence-corrected chi connectivity index (χ3v) is 4.94. The van der Waals surface area contributed by atoms with Crippen molar-refractivity contribution in [3.8, 4) is 6.07 Å². The van der Waals surface area contributed by atoms with E-state index in [2.05, 4.69) is 16.4 Å². The van der Waals surface area contributed by atoms with Crippen LogP contribution in [0, 0.1) is 16.7 Å². The Morgan fingerprint density at radius 2 is 1.96 bits per heavy atom. The summed E-state index contributed by atoms with van der Waals surface area (Å²) in [6.07, 6.45) is 0.181. The number of amides is 2. The van der Waals surface area contributed by atoms with Crippen LogP contribution in [0.5, 0.6) is 0 Å². The van der Waals surface area contributed by atoms with Crippen molar-refractivity contribution >= 4 is 22.9 Å². The molecule has 0 saturated carbocycles. The van der Waals surface area contributed by atoms with Gasteiger partial charge in [0.2, 0.25) is 5.91 Å². The molecule has 1 saturated heterocycles. The number of aromatic nitrogens is 1. The van der Waals surface area contributed by atoms with E-state index in [1.807, 2.05) is 51.1 Å². The monoisotopic (exact) mass is 382 g/mol. The summed E-state index contributed by atoms with van der Waals surface area (Å²) in [5.74, 6) is -0.294. The Labute approximate surface area is 164 Å². The number of piperidine rings is 1. The first kappa shape index (κ1) is 19.7. The summed E-state index contributed by atoms with van der Waals surface area (Å²) in [5.41, 5.74) is 0.198. The Morgan fingerprint density at radius 1 is 1.29 bits per heavy atom. The number of nitrogens with zero attached hydrogens (tertiary/aromatic N) is 2. The van der Waals surface area contributed by atoms with Gasteiger partial charge in [-0.1, -0.05) is 18.2 Å². The SMILES string of the molecule is CC(C)(C)OC(=O)N1CCC(C#N)(C(=O)NCc2cc3ccccc3[nH]2)CC1. The lowest BCUT2D eigenvalue weighted by atomic mass is 9.79. The highest BCUT2D eigenvalue weighted by molar-refractivity contribution is 5.86. The van der Waals surface area contributed by atoms with Gasteiger partial charge in [0.15, 0.2) is 0 Å². The second-order valence-electron chi connectivity index (χ2n) is 8.23. The summed E-state index contributed by atoms with van der Waals surface area (Å²) in [4.78, 5) is 29.8. The average molecular weight is 382 g/mol. The molecule has 0 unspecified atom stereocenters. The lowest BCUT2D eigenvalue weighted by Gasteiger charge is -2.36. The lowest BCUT2D eigenvalue weighted by molar-refractivity contribution is -0.130. The molecule has 2 heterocycles. The number of likely N-dealkylation sites (tertiary alicyclic amines) is 1. The minimum Gasteiger partial charge on any atom is -0.444 e. The molecule has 2 aromatic rings. The molecular formula is C21H26N4O3. The number of fused-ring (bicyclic) bond motifs is 1. The summed E-state index contributed by atoms with van der Waals surface area (Å²) in [7, 11) is 0. The van der Waals surface area contributed by atoms with Crippen molar-refractivity contribution in [2.45, 2.75) is 45.8 Å². The van der Waals surface area contributed by atoms with Crippen LogP contribution in [-0.2, 0) is 16.1 Å². The van der Waals surface area contributed by atoms with Crippen molar-refractivity contribution in [3.63, 3.8) is 0 Å². The lowest BCUT2D eigenvalue weighted by Crippen LogP contribution is -2.50. The van der Waals surface area contributed by atoms with Gasteiger partial charge in [0.05, 0.1) is 12.6 Å². The molecule has 1 aliphatic rings. The third-order valence-electron chi connectivity index (χ3n) is 4.94. The summed E-state index contributed by atoms with van der Waals surface area (Å²) in [6.45, 7) is 6.40. The fraction of sp³-hybridized carbons (Fsp3) is 0.476. The topological polar surface area (TPSA) is 98.2 Å². The molecule has 1 fully saturated rings. The van der Waals surface area contributed by atoms with Crippen LogP contribution in [0.4, 0.5) is 4.79 Å². The molecule has 3 rings (SSSR count). The van der Waals surface area contributed by atoms with Gasteiger partial charge in [-0.15, -0.1) is 0 Å². The molecule has 28 heavy (non-hydrogen) atoms. The molecule has 1 aromatic heterocycles.